The lowest BCUT2D eigenvalue weighted by molar-refractivity contribution is 0.241. The number of aromatic amines is 1. The molecule has 1 aliphatic heterocycles. The van der Waals surface area contributed by atoms with Gasteiger partial charge in [0.2, 0.25) is 5.95 Å². The molecule has 4 rings (SSSR count). The van der Waals surface area contributed by atoms with E-state index in [-0.39, 0.29) is 11.5 Å². The van der Waals surface area contributed by atoms with Crippen LogP contribution >= 0.6 is 0 Å². The molecular weight excluding hydrogens is 328 g/mol. The lowest BCUT2D eigenvalue weighted by atomic mass is 10.1. The Labute approximate surface area is 151 Å². The largest absolute Gasteiger partial charge is 0.369 e. The number of nitrogens with zero attached hydrogens (tertiary/aromatic N) is 4. The van der Waals surface area contributed by atoms with E-state index in [1.165, 1.54) is 5.56 Å². The Morgan fingerprint density at radius 2 is 2.08 bits per heavy atom. The summed E-state index contributed by atoms with van der Waals surface area (Å²) in [7, 11) is 0. The number of nitrogens with two attached hydrogens (primary N) is 1. The minimum atomic E-state index is -0.135. The fourth-order valence-electron chi connectivity index (χ4n) is 3.52. The summed E-state index contributed by atoms with van der Waals surface area (Å²) < 4.78 is 1.98. The highest BCUT2D eigenvalue weighted by Crippen LogP contribution is 2.21. The third kappa shape index (κ3) is 2.90. The molecule has 134 valence electrons. The fourth-order valence-corrected chi connectivity index (χ4v) is 3.52. The number of para-hydroxylation sites is 1. The van der Waals surface area contributed by atoms with Crippen LogP contribution in [0.4, 0.5) is 5.95 Å². The molecule has 0 radical (unpaired) electrons. The predicted octanol–water partition coefficient (Wildman–Crippen LogP) is 1.71. The summed E-state index contributed by atoms with van der Waals surface area (Å²) in [6.45, 7) is 6.34. The number of benzene rings is 1. The summed E-state index contributed by atoms with van der Waals surface area (Å²) in [4.78, 5) is 21.3. The Hall–Kier alpha value is -2.93. The van der Waals surface area contributed by atoms with Crippen molar-refractivity contribution in [3.63, 3.8) is 0 Å². The third-order valence-corrected chi connectivity index (χ3v) is 5.02. The molecule has 3 heterocycles. The van der Waals surface area contributed by atoms with Gasteiger partial charge in [0.05, 0.1) is 23.1 Å². The van der Waals surface area contributed by atoms with Crippen LogP contribution in [-0.2, 0) is 19.5 Å². The van der Waals surface area contributed by atoms with Crippen molar-refractivity contribution in [1.82, 2.24) is 24.6 Å². The van der Waals surface area contributed by atoms with E-state index in [1.807, 2.05) is 23.0 Å². The normalized spacial score (nSPS) is 14.4. The highest BCUT2D eigenvalue weighted by atomic mass is 16.1. The lowest BCUT2D eigenvalue weighted by Crippen LogP contribution is -2.35. The number of aromatic nitrogens is 4. The first kappa shape index (κ1) is 16.5. The second-order valence-corrected chi connectivity index (χ2v) is 6.79. The zero-order valence-corrected chi connectivity index (χ0v) is 15.0. The van der Waals surface area contributed by atoms with E-state index < -0.39 is 0 Å². The standard InChI is InChI=1S/C19H22N6O/c1-12-5-3-4-6-17(12)25-13(2)14(9-21-25)10-24-8-7-16-15(11-24)18(26)23-19(20)22-16/h3-6,9H,7-8,10-11H2,1-2H3,(H3,20,22,23,26). The first-order valence-electron chi connectivity index (χ1n) is 8.72. The SMILES string of the molecule is Cc1ccccc1-n1ncc(CN2CCc3nc(N)[nH]c(=O)c3C2)c1C. The number of nitrogens with one attached hydrogen (secondary N) is 1. The van der Waals surface area contributed by atoms with Crippen molar-refractivity contribution in [2.45, 2.75) is 33.4 Å². The number of hydrogen-bond acceptors (Lipinski definition) is 5. The van der Waals surface area contributed by atoms with Crippen molar-refractivity contribution < 1.29 is 0 Å². The van der Waals surface area contributed by atoms with Crippen LogP contribution in [0.15, 0.2) is 35.3 Å². The molecule has 3 N–H and O–H groups in total. The Morgan fingerprint density at radius 3 is 2.88 bits per heavy atom. The number of fused-ring (bicyclic) bond motifs is 1. The van der Waals surface area contributed by atoms with Crippen molar-refractivity contribution in [1.29, 1.82) is 0 Å². The first-order valence-corrected chi connectivity index (χ1v) is 8.72. The van der Waals surface area contributed by atoms with Gasteiger partial charge in [0, 0.05) is 37.3 Å². The second-order valence-electron chi connectivity index (χ2n) is 6.79. The van der Waals surface area contributed by atoms with Gasteiger partial charge in [-0.25, -0.2) is 9.67 Å². The number of nitrogen functional groups attached to an aromatic ring is 1. The smallest absolute Gasteiger partial charge is 0.257 e. The number of hydrogen-bond donors (Lipinski definition) is 2. The van der Waals surface area contributed by atoms with Gasteiger partial charge in [-0.3, -0.25) is 14.7 Å². The van der Waals surface area contributed by atoms with Crippen LogP contribution in [0, 0.1) is 13.8 Å². The quantitative estimate of drug-likeness (QED) is 0.750. The van der Waals surface area contributed by atoms with Gasteiger partial charge in [0.15, 0.2) is 0 Å². The molecule has 3 aromatic rings. The zero-order chi connectivity index (χ0) is 18.3. The van der Waals surface area contributed by atoms with Crippen molar-refractivity contribution in [3.05, 3.63) is 68.9 Å². The van der Waals surface area contributed by atoms with Crippen LogP contribution in [0.1, 0.15) is 28.1 Å². The topological polar surface area (TPSA) is 92.8 Å². The summed E-state index contributed by atoms with van der Waals surface area (Å²) in [5, 5.41) is 4.58. The molecule has 7 heteroatoms. The van der Waals surface area contributed by atoms with Crippen LogP contribution < -0.4 is 11.3 Å². The predicted molar refractivity (Wildman–Crippen MR) is 100 cm³/mol. The Kier molecular flexibility index (Phi) is 4.08. The van der Waals surface area contributed by atoms with Gasteiger partial charge in [-0.15, -0.1) is 0 Å². The van der Waals surface area contributed by atoms with Gasteiger partial charge < -0.3 is 5.73 Å². The van der Waals surface area contributed by atoms with Crippen LogP contribution in [0.2, 0.25) is 0 Å². The number of aryl methyl sites for hydroxylation is 1. The minimum Gasteiger partial charge on any atom is -0.369 e. The van der Waals surface area contributed by atoms with Crippen LogP contribution in [0.25, 0.3) is 5.69 Å². The van der Waals surface area contributed by atoms with Crippen LogP contribution in [-0.4, -0.2) is 31.2 Å². The van der Waals surface area contributed by atoms with E-state index >= 15 is 0 Å². The Morgan fingerprint density at radius 1 is 1.27 bits per heavy atom. The van der Waals surface area contributed by atoms with Gasteiger partial charge in [0.25, 0.3) is 5.56 Å². The second kappa shape index (κ2) is 6.42. The van der Waals surface area contributed by atoms with Gasteiger partial charge >= 0.3 is 0 Å². The maximum Gasteiger partial charge on any atom is 0.257 e. The molecule has 2 aromatic heterocycles. The third-order valence-electron chi connectivity index (χ3n) is 5.02. The van der Waals surface area contributed by atoms with Crippen molar-refractivity contribution in [2.24, 2.45) is 0 Å². The van der Waals surface area contributed by atoms with E-state index in [1.54, 1.807) is 0 Å². The molecule has 0 spiro atoms. The van der Waals surface area contributed by atoms with Gasteiger partial charge in [-0.2, -0.15) is 5.10 Å². The Bertz CT molecular complexity index is 1020. The maximum absolute atomic E-state index is 12.2. The summed E-state index contributed by atoms with van der Waals surface area (Å²) in [5.74, 6) is 0.192. The summed E-state index contributed by atoms with van der Waals surface area (Å²) >= 11 is 0. The van der Waals surface area contributed by atoms with E-state index in [9.17, 15) is 4.79 Å². The lowest BCUT2D eigenvalue weighted by Gasteiger charge is -2.27. The fraction of sp³-hybridized carbons (Fsp3) is 0.316. The molecule has 0 unspecified atom stereocenters. The van der Waals surface area contributed by atoms with Gasteiger partial charge in [-0.05, 0) is 25.5 Å². The van der Waals surface area contributed by atoms with Gasteiger partial charge in [0.1, 0.15) is 0 Å². The maximum atomic E-state index is 12.2. The van der Waals surface area contributed by atoms with E-state index in [2.05, 4.69) is 45.9 Å². The summed E-state index contributed by atoms with van der Waals surface area (Å²) in [6, 6.07) is 8.21. The van der Waals surface area contributed by atoms with Crippen molar-refractivity contribution in [3.8, 4) is 5.69 Å². The average Bonchev–Trinajstić information content (AvgIpc) is 2.96. The van der Waals surface area contributed by atoms with Crippen molar-refractivity contribution >= 4 is 5.95 Å². The summed E-state index contributed by atoms with van der Waals surface area (Å²) in [6.07, 6.45) is 2.65. The van der Waals surface area contributed by atoms with E-state index in [0.717, 1.165) is 47.7 Å². The molecular formula is C19H22N6O. The Balaban J connectivity index is 1.58. The van der Waals surface area contributed by atoms with E-state index in [4.69, 9.17) is 5.73 Å². The number of H-pyrrole nitrogens is 1. The molecule has 1 aliphatic rings. The first-order chi connectivity index (χ1) is 12.5. The molecule has 1 aromatic carbocycles. The highest BCUT2D eigenvalue weighted by Gasteiger charge is 2.22. The molecule has 0 atom stereocenters. The summed E-state index contributed by atoms with van der Waals surface area (Å²) in [5.41, 5.74) is 11.6. The molecule has 0 aliphatic carbocycles. The molecule has 0 fully saturated rings. The van der Waals surface area contributed by atoms with E-state index in [0.29, 0.717) is 6.54 Å². The highest BCUT2D eigenvalue weighted by molar-refractivity contribution is 5.41. The molecule has 26 heavy (non-hydrogen) atoms. The molecule has 0 bridgehead atoms. The monoisotopic (exact) mass is 350 g/mol. The minimum absolute atomic E-state index is 0.135. The molecule has 0 saturated carbocycles. The average molecular weight is 350 g/mol. The molecule has 0 amide bonds. The zero-order valence-electron chi connectivity index (χ0n) is 15.0. The van der Waals surface area contributed by atoms with Crippen LogP contribution in [0.5, 0.6) is 0 Å². The van der Waals surface area contributed by atoms with Crippen molar-refractivity contribution in [2.75, 3.05) is 12.3 Å². The molecule has 0 saturated heterocycles. The number of rotatable bonds is 3. The van der Waals surface area contributed by atoms with Gasteiger partial charge in [-0.1, -0.05) is 18.2 Å². The van der Waals surface area contributed by atoms with Crippen LogP contribution in [0.3, 0.4) is 0 Å². The molecule has 7 nitrogen and oxygen atoms in total. The number of anilines is 1.